The van der Waals surface area contributed by atoms with Crippen molar-refractivity contribution in [3.63, 3.8) is 0 Å². The van der Waals surface area contributed by atoms with Crippen LogP contribution in [-0.4, -0.2) is 0 Å². The second kappa shape index (κ2) is 11.5. The van der Waals surface area contributed by atoms with E-state index in [-0.39, 0.29) is 0 Å². The molecule has 0 spiro atoms. The lowest BCUT2D eigenvalue weighted by Gasteiger charge is -2.21. The first-order chi connectivity index (χ1) is 23.7. The Hall–Kier alpha value is -5.75. The molecule has 0 saturated carbocycles. The molecule has 0 bridgehead atoms. The highest BCUT2D eigenvalue weighted by atomic mass is 31.2. The molecule has 9 aromatic carbocycles. The van der Waals surface area contributed by atoms with Crippen molar-refractivity contribution in [3.8, 4) is 22.3 Å². The minimum Gasteiger partial charge on any atom is -0.309 e. The topological polar surface area (TPSA) is 17.1 Å². The van der Waals surface area contributed by atoms with Crippen LogP contribution in [0.1, 0.15) is 0 Å². The van der Waals surface area contributed by atoms with E-state index in [0.717, 1.165) is 27.0 Å². The first-order valence-electron chi connectivity index (χ1n) is 16.4. The van der Waals surface area contributed by atoms with Gasteiger partial charge in [-0.3, -0.25) is 0 Å². The highest BCUT2D eigenvalue weighted by Gasteiger charge is 2.30. The highest BCUT2D eigenvalue weighted by molar-refractivity contribution is 7.85. The molecule has 226 valence electrons. The fraction of sp³-hybridized carbons (Fsp3) is 0. The average Bonchev–Trinajstić information content (AvgIpc) is 3.16. The summed E-state index contributed by atoms with van der Waals surface area (Å²) in [5, 5.41) is 12.2. The average molecular weight is 631 g/mol. The van der Waals surface area contributed by atoms with Crippen molar-refractivity contribution >= 4 is 66.1 Å². The zero-order chi connectivity index (χ0) is 32.1. The molecule has 48 heavy (non-hydrogen) atoms. The summed E-state index contributed by atoms with van der Waals surface area (Å²) in [6.45, 7) is 0. The van der Waals surface area contributed by atoms with Crippen LogP contribution in [0.5, 0.6) is 0 Å². The fourth-order valence-corrected chi connectivity index (χ4v) is 10.0. The van der Waals surface area contributed by atoms with Gasteiger partial charge < -0.3 is 4.57 Å². The first kappa shape index (κ1) is 28.5. The Balaban J connectivity index is 1.19. The fourth-order valence-electron chi connectivity index (χ4n) is 7.41. The molecule has 0 aliphatic heterocycles. The molecule has 0 radical (unpaired) electrons. The minimum atomic E-state index is -3.19. The molecule has 0 aliphatic carbocycles. The second-order valence-corrected chi connectivity index (χ2v) is 15.2. The van der Waals surface area contributed by atoms with Crippen LogP contribution in [0.15, 0.2) is 188 Å². The maximum absolute atomic E-state index is 15.6. The van der Waals surface area contributed by atoms with Gasteiger partial charge in [0.2, 0.25) is 0 Å². The summed E-state index contributed by atoms with van der Waals surface area (Å²) >= 11 is 0. The Labute approximate surface area is 280 Å². The monoisotopic (exact) mass is 630 g/mol. The van der Waals surface area contributed by atoms with Crippen LogP contribution >= 0.6 is 7.14 Å². The molecule has 0 aliphatic rings. The van der Waals surface area contributed by atoms with Crippen LogP contribution in [0, 0.1) is 0 Å². The van der Waals surface area contributed by atoms with Crippen LogP contribution in [0.3, 0.4) is 0 Å². The minimum absolute atomic E-state index is 0.824. The normalized spacial score (nSPS) is 11.8. The predicted molar refractivity (Wildman–Crippen MR) is 207 cm³/mol. The van der Waals surface area contributed by atoms with E-state index in [9.17, 15) is 0 Å². The van der Waals surface area contributed by atoms with E-state index in [1.165, 1.54) is 54.2 Å². The van der Waals surface area contributed by atoms with E-state index in [1.807, 2.05) is 30.3 Å². The Morgan fingerprint density at radius 3 is 0.938 bits per heavy atom. The molecule has 0 atom stereocenters. The lowest BCUT2D eigenvalue weighted by atomic mass is 9.92. The van der Waals surface area contributed by atoms with E-state index in [0.29, 0.717) is 0 Å². The van der Waals surface area contributed by atoms with Gasteiger partial charge in [-0.1, -0.05) is 176 Å². The van der Waals surface area contributed by atoms with Crippen molar-refractivity contribution in [2.24, 2.45) is 0 Å². The number of rotatable bonds is 5. The summed E-state index contributed by atoms with van der Waals surface area (Å²) in [7, 11) is -3.19. The number of benzene rings is 9. The molecule has 9 aromatic rings. The van der Waals surface area contributed by atoms with Gasteiger partial charge >= 0.3 is 0 Å². The quantitative estimate of drug-likeness (QED) is 0.137. The summed E-state index contributed by atoms with van der Waals surface area (Å²) in [5.41, 5.74) is 4.64. The van der Waals surface area contributed by atoms with Gasteiger partial charge in [-0.25, -0.2) is 0 Å². The summed E-state index contributed by atoms with van der Waals surface area (Å²) in [5.74, 6) is 0. The second-order valence-electron chi connectivity index (χ2n) is 12.4. The number of fused-ring (bicyclic) bond motifs is 4. The zero-order valence-electron chi connectivity index (χ0n) is 26.3. The van der Waals surface area contributed by atoms with Crippen molar-refractivity contribution in [1.82, 2.24) is 0 Å². The van der Waals surface area contributed by atoms with Gasteiger partial charge in [0.25, 0.3) is 0 Å². The number of hydrogen-bond acceptors (Lipinski definition) is 1. The summed E-state index contributed by atoms with van der Waals surface area (Å²) in [4.78, 5) is 0. The maximum atomic E-state index is 15.6. The van der Waals surface area contributed by atoms with Crippen LogP contribution in [0.2, 0.25) is 0 Å². The van der Waals surface area contributed by atoms with Crippen LogP contribution < -0.4 is 15.9 Å². The third kappa shape index (κ3) is 4.59. The molecule has 2 heteroatoms. The van der Waals surface area contributed by atoms with Crippen LogP contribution in [-0.2, 0) is 4.57 Å². The van der Waals surface area contributed by atoms with Gasteiger partial charge in [0.05, 0.1) is 0 Å². The largest absolute Gasteiger partial charge is 0.309 e. The molecule has 9 rings (SSSR count). The molecule has 0 amide bonds. The van der Waals surface area contributed by atoms with E-state index in [2.05, 4.69) is 158 Å². The molecule has 1 nitrogen and oxygen atoms in total. The summed E-state index contributed by atoms with van der Waals surface area (Å²) in [6.07, 6.45) is 0. The highest BCUT2D eigenvalue weighted by Crippen LogP contribution is 2.45. The molecule has 0 unspecified atom stereocenters. The Bertz CT molecular complexity index is 2400. The molecular formula is C46H31OP. The lowest BCUT2D eigenvalue weighted by molar-refractivity contribution is 0.592. The molecule has 0 aromatic heterocycles. The smallest absolute Gasteiger partial charge is 0.171 e. The van der Waals surface area contributed by atoms with Gasteiger partial charge in [-0.05, 0) is 77.5 Å². The van der Waals surface area contributed by atoms with Gasteiger partial charge in [-0.2, -0.15) is 0 Å². The predicted octanol–water partition coefficient (Wildman–Crippen LogP) is 11.3. The van der Waals surface area contributed by atoms with E-state index >= 15 is 4.57 Å². The molecule has 0 saturated heterocycles. The molecular weight excluding hydrogens is 599 g/mol. The standard InChI is InChI=1S/C46H31OP/c47-48(38-16-2-1-3-17-38,39-26-22-32(23-27-39)45-41-18-8-4-12-34(41)30-35-13-5-9-19-42(35)45)40-28-24-33(25-29-40)46-43-20-10-6-14-36(43)31-37-15-7-11-21-44(37)46/h1-31H. The lowest BCUT2D eigenvalue weighted by Crippen LogP contribution is -2.25. The Kier molecular flexibility index (Phi) is 6.82. The van der Waals surface area contributed by atoms with Crippen molar-refractivity contribution in [3.05, 3.63) is 188 Å². The summed E-state index contributed by atoms with van der Waals surface area (Å²) < 4.78 is 15.6. The van der Waals surface area contributed by atoms with Gasteiger partial charge in [0.15, 0.2) is 7.14 Å². The SMILES string of the molecule is O=P(c1ccccc1)(c1ccc(-c2c3ccccc3cc3ccccc23)cc1)c1ccc(-c2c3ccccc3cc3ccccc23)cc1. The van der Waals surface area contributed by atoms with Gasteiger partial charge in [-0.15, -0.1) is 0 Å². The first-order valence-corrected chi connectivity index (χ1v) is 18.1. The van der Waals surface area contributed by atoms with Gasteiger partial charge in [0.1, 0.15) is 0 Å². The molecule has 0 fully saturated rings. The maximum Gasteiger partial charge on any atom is 0.171 e. The third-order valence-electron chi connectivity index (χ3n) is 9.70. The summed E-state index contributed by atoms with van der Waals surface area (Å²) in [6, 6.07) is 65.6. The Morgan fingerprint density at radius 1 is 0.292 bits per heavy atom. The van der Waals surface area contributed by atoms with Crippen LogP contribution in [0.4, 0.5) is 0 Å². The van der Waals surface area contributed by atoms with Crippen molar-refractivity contribution in [2.75, 3.05) is 0 Å². The van der Waals surface area contributed by atoms with E-state index < -0.39 is 7.14 Å². The van der Waals surface area contributed by atoms with E-state index in [4.69, 9.17) is 0 Å². The van der Waals surface area contributed by atoms with E-state index in [1.54, 1.807) is 0 Å². The molecule has 0 heterocycles. The van der Waals surface area contributed by atoms with Crippen LogP contribution in [0.25, 0.3) is 65.3 Å². The van der Waals surface area contributed by atoms with Crippen molar-refractivity contribution in [1.29, 1.82) is 0 Å². The zero-order valence-corrected chi connectivity index (χ0v) is 27.1. The van der Waals surface area contributed by atoms with Gasteiger partial charge in [0, 0.05) is 15.9 Å². The number of hydrogen-bond donors (Lipinski definition) is 0. The van der Waals surface area contributed by atoms with Crippen molar-refractivity contribution in [2.45, 2.75) is 0 Å². The molecule has 0 N–H and O–H groups in total. The Morgan fingerprint density at radius 2 is 0.583 bits per heavy atom. The third-order valence-corrected chi connectivity index (χ3v) is 12.8. The van der Waals surface area contributed by atoms with Crippen molar-refractivity contribution < 1.29 is 4.57 Å².